The van der Waals surface area contributed by atoms with Crippen LogP contribution in [0.3, 0.4) is 0 Å². The van der Waals surface area contributed by atoms with Crippen molar-refractivity contribution in [3.8, 4) is 0 Å². The predicted molar refractivity (Wildman–Crippen MR) is 114 cm³/mol. The first-order valence-corrected chi connectivity index (χ1v) is 11.1. The van der Waals surface area contributed by atoms with Crippen LogP contribution in [0.4, 0.5) is 5.69 Å². The summed E-state index contributed by atoms with van der Waals surface area (Å²) < 4.78 is 0. The summed E-state index contributed by atoms with van der Waals surface area (Å²) in [5, 5.41) is 8.38. The molecule has 0 amide bonds. The molecule has 2 heterocycles. The van der Waals surface area contributed by atoms with Crippen LogP contribution in [-0.4, -0.2) is 34.2 Å². The molecule has 1 aromatic carbocycles. The van der Waals surface area contributed by atoms with Crippen LogP contribution in [0.25, 0.3) is 0 Å². The van der Waals surface area contributed by atoms with Crippen LogP contribution >= 0.6 is 23.8 Å². The fourth-order valence-corrected chi connectivity index (χ4v) is 5.81. The summed E-state index contributed by atoms with van der Waals surface area (Å²) in [6.07, 6.45) is 13.7. The number of piperidine rings is 2. The Bertz CT molecular complexity index is 600. The van der Waals surface area contributed by atoms with E-state index in [1.807, 2.05) is 24.3 Å². The second-order valence-corrected chi connectivity index (χ2v) is 9.10. The molecule has 2 aliphatic heterocycles. The number of nitrogens with zero attached hydrogens (tertiary/aromatic N) is 1. The maximum atomic E-state index is 5.96. The topological polar surface area (TPSA) is 27.3 Å². The Hall–Kier alpha value is -0.840. The van der Waals surface area contributed by atoms with E-state index in [2.05, 4.69) is 15.5 Å². The Labute approximate surface area is 167 Å². The largest absolute Gasteiger partial charge is 0.360 e. The Kier molecular flexibility index (Phi) is 6.02. The Morgan fingerprint density at radius 2 is 1.50 bits per heavy atom. The lowest BCUT2D eigenvalue weighted by atomic mass is 9.78. The third-order valence-electron chi connectivity index (χ3n) is 6.46. The molecule has 3 aliphatic rings. The van der Waals surface area contributed by atoms with Crippen LogP contribution in [0.1, 0.15) is 64.2 Å². The van der Waals surface area contributed by atoms with Crippen molar-refractivity contribution < 1.29 is 0 Å². The van der Waals surface area contributed by atoms with Gasteiger partial charge in [0.2, 0.25) is 0 Å². The van der Waals surface area contributed by atoms with Gasteiger partial charge < -0.3 is 10.6 Å². The maximum Gasteiger partial charge on any atom is 0.170 e. The van der Waals surface area contributed by atoms with E-state index in [9.17, 15) is 0 Å². The van der Waals surface area contributed by atoms with Gasteiger partial charge in [0.05, 0.1) is 0 Å². The van der Waals surface area contributed by atoms with Gasteiger partial charge >= 0.3 is 0 Å². The normalized spacial score (nSPS) is 30.0. The number of fused-ring (bicyclic) bond motifs is 2. The minimum atomic E-state index is 0.498. The average Bonchev–Trinajstić information content (AvgIpc) is 2.63. The molecule has 2 unspecified atom stereocenters. The molecule has 4 rings (SSSR count). The van der Waals surface area contributed by atoms with E-state index in [4.69, 9.17) is 23.8 Å². The predicted octanol–water partition coefficient (Wildman–Crippen LogP) is 5.34. The van der Waals surface area contributed by atoms with Crippen LogP contribution in [0.15, 0.2) is 24.3 Å². The van der Waals surface area contributed by atoms with Gasteiger partial charge in [-0.1, -0.05) is 37.3 Å². The zero-order valence-corrected chi connectivity index (χ0v) is 17.0. The fourth-order valence-electron chi connectivity index (χ4n) is 5.40. The van der Waals surface area contributed by atoms with Gasteiger partial charge in [-0.05, 0) is 75.0 Å². The summed E-state index contributed by atoms with van der Waals surface area (Å²) in [5.74, 6) is 0. The van der Waals surface area contributed by atoms with Gasteiger partial charge in [0.25, 0.3) is 0 Å². The summed E-state index contributed by atoms with van der Waals surface area (Å²) in [5.41, 5.74) is 0.992. The lowest BCUT2D eigenvalue weighted by molar-refractivity contribution is -0.0195. The average molecular weight is 392 g/mol. The van der Waals surface area contributed by atoms with Gasteiger partial charge in [-0.3, -0.25) is 4.90 Å². The van der Waals surface area contributed by atoms with Crippen LogP contribution in [0.5, 0.6) is 0 Å². The fraction of sp³-hybridized carbons (Fsp3) is 0.667. The number of thiocarbonyl (C=S) groups is 1. The number of rotatable bonds is 3. The van der Waals surface area contributed by atoms with Gasteiger partial charge in [-0.25, -0.2) is 0 Å². The van der Waals surface area contributed by atoms with Crippen molar-refractivity contribution in [3.63, 3.8) is 0 Å². The van der Waals surface area contributed by atoms with Crippen molar-refractivity contribution in [2.75, 3.05) is 5.32 Å². The monoisotopic (exact) mass is 391 g/mol. The van der Waals surface area contributed by atoms with E-state index in [1.165, 1.54) is 64.2 Å². The molecule has 3 fully saturated rings. The van der Waals surface area contributed by atoms with Gasteiger partial charge in [0, 0.05) is 34.9 Å². The molecular weight excluding hydrogens is 362 g/mol. The van der Waals surface area contributed by atoms with Gasteiger partial charge in [-0.2, -0.15) is 0 Å². The number of hydrogen-bond acceptors (Lipinski definition) is 2. The number of halogens is 1. The minimum Gasteiger partial charge on any atom is -0.360 e. The molecule has 2 bridgehead atoms. The number of anilines is 1. The van der Waals surface area contributed by atoms with Gasteiger partial charge in [-0.15, -0.1) is 0 Å². The van der Waals surface area contributed by atoms with E-state index < -0.39 is 0 Å². The van der Waals surface area contributed by atoms with Crippen LogP contribution in [-0.2, 0) is 0 Å². The molecule has 2 N–H and O–H groups in total. The molecule has 5 heteroatoms. The third kappa shape index (κ3) is 4.35. The molecule has 1 aromatic rings. The minimum absolute atomic E-state index is 0.498. The molecule has 142 valence electrons. The van der Waals surface area contributed by atoms with Crippen molar-refractivity contribution in [3.05, 3.63) is 29.3 Å². The van der Waals surface area contributed by atoms with E-state index >= 15 is 0 Å². The first kappa shape index (κ1) is 18.5. The van der Waals surface area contributed by atoms with Crippen LogP contribution < -0.4 is 10.6 Å². The molecule has 3 nitrogen and oxygen atoms in total. The second kappa shape index (κ2) is 8.45. The molecule has 0 radical (unpaired) electrons. The highest BCUT2D eigenvalue weighted by Crippen LogP contribution is 2.39. The summed E-state index contributed by atoms with van der Waals surface area (Å²) in [7, 11) is 0. The lowest BCUT2D eigenvalue weighted by Crippen LogP contribution is -2.60. The molecule has 0 spiro atoms. The Morgan fingerprint density at radius 1 is 0.885 bits per heavy atom. The highest BCUT2D eigenvalue weighted by Gasteiger charge is 2.41. The standard InChI is InChI=1S/C21H30ClN3S/c22-15-9-11-16(12-10-15)23-21(26)24-17-13-19-7-4-8-20(14-17)25(19)18-5-2-1-3-6-18/h9-12,17-20H,1-8,13-14H2,(H2,23,24,26). The van der Waals surface area contributed by atoms with Crippen molar-refractivity contribution in [2.24, 2.45) is 0 Å². The summed E-state index contributed by atoms with van der Waals surface area (Å²) in [6.45, 7) is 0. The highest BCUT2D eigenvalue weighted by atomic mass is 35.5. The number of benzene rings is 1. The summed E-state index contributed by atoms with van der Waals surface area (Å²) >= 11 is 11.5. The molecule has 2 saturated heterocycles. The first-order valence-electron chi connectivity index (χ1n) is 10.3. The van der Waals surface area contributed by atoms with Crippen molar-refractivity contribution >= 4 is 34.6 Å². The smallest absolute Gasteiger partial charge is 0.170 e. The van der Waals surface area contributed by atoms with Crippen molar-refractivity contribution in [1.82, 2.24) is 10.2 Å². The zero-order valence-electron chi connectivity index (χ0n) is 15.4. The first-order chi connectivity index (χ1) is 12.7. The number of nitrogens with one attached hydrogen (secondary N) is 2. The summed E-state index contributed by atoms with van der Waals surface area (Å²) in [6, 6.07) is 10.6. The maximum absolute atomic E-state index is 5.96. The third-order valence-corrected chi connectivity index (χ3v) is 6.94. The zero-order chi connectivity index (χ0) is 17.9. The van der Waals surface area contributed by atoms with E-state index in [-0.39, 0.29) is 0 Å². The Morgan fingerprint density at radius 3 is 2.15 bits per heavy atom. The van der Waals surface area contributed by atoms with Crippen molar-refractivity contribution in [1.29, 1.82) is 0 Å². The van der Waals surface area contributed by atoms with Gasteiger partial charge in [0.15, 0.2) is 5.11 Å². The van der Waals surface area contributed by atoms with Gasteiger partial charge in [0.1, 0.15) is 0 Å². The number of hydrogen-bond donors (Lipinski definition) is 2. The van der Waals surface area contributed by atoms with E-state index in [0.29, 0.717) is 6.04 Å². The summed E-state index contributed by atoms with van der Waals surface area (Å²) in [4.78, 5) is 2.93. The molecule has 26 heavy (non-hydrogen) atoms. The van der Waals surface area contributed by atoms with E-state index in [0.717, 1.165) is 33.9 Å². The molecule has 1 saturated carbocycles. The van der Waals surface area contributed by atoms with Crippen LogP contribution in [0.2, 0.25) is 5.02 Å². The lowest BCUT2D eigenvalue weighted by Gasteiger charge is -2.53. The van der Waals surface area contributed by atoms with Crippen LogP contribution in [0, 0.1) is 0 Å². The molecule has 0 aromatic heterocycles. The quantitative estimate of drug-likeness (QED) is 0.679. The van der Waals surface area contributed by atoms with E-state index in [1.54, 1.807) is 0 Å². The van der Waals surface area contributed by atoms with Crippen molar-refractivity contribution in [2.45, 2.75) is 88.4 Å². The molecule has 2 atom stereocenters. The SMILES string of the molecule is S=C(Nc1ccc(Cl)cc1)NC1CC2CCCC(C1)N2C1CCCCC1. The second-order valence-electron chi connectivity index (χ2n) is 8.25. The molecule has 1 aliphatic carbocycles. The highest BCUT2D eigenvalue weighted by molar-refractivity contribution is 7.80. The molecular formula is C21H30ClN3S. The Balaban J connectivity index is 1.34.